The molecule has 1 amide bonds. The highest BCUT2D eigenvalue weighted by Gasteiger charge is 2.14. The number of amides is 1. The van der Waals surface area contributed by atoms with Crippen LogP contribution in [0.15, 0.2) is 34.9 Å². The average molecular weight is 369 g/mol. The molecule has 2 aromatic heterocycles. The van der Waals surface area contributed by atoms with Crippen molar-refractivity contribution in [1.29, 1.82) is 0 Å². The molecule has 0 aliphatic rings. The first-order chi connectivity index (χ1) is 13.0. The first-order valence-corrected chi connectivity index (χ1v) is 8.08. The van der Waals surface area contributed by atoms with Gasteiger partial charge in [0.05, 0.1) is 19.9 Å². The van der Waals surface area contributed by atoms with E-state index in [0.717, 1.165) is 0 Å². The number of benzene rings is 1. The summed E-state index contributed by atoms with van der Waals surface area (Å²) in [5, 5.41) is 9.50. The second kappa shape index (κ2) is 7.73. The molecule has 140 valence electrons. The lowest BCUT2D eigenvalue weighted by molar-refractivity contribution is 0.102. The second-order valence-corrected chi connectivity index (χ2v) is 5.65. The van der Waals surface area contributed by atoms with Gasteiger partial charge in [0.2, 0.25) is 0 Å². The molecular formula is C18H19N5O4. The van der Waals surface area contributed by atoms with E-state index >= 15 is 0 Å². The lowest BCUT2D eigenvalue weighted by Crippen LogP contribution is -2.15. The molecule has 27 heavy (non-hydrogen) atoms. The van der Waals surface area contributed by atoms with Gasteiger partial charge in [0.1, 0.15) is 34.6 Å². The van der Waals surface area contributed by atoms with Crippen LogP contribution in [-0.4, -0.2) is 35.3 Å². The molecule has 0 fully saturated rings. The normalized spacial score (nSPS) is 10.4. The molecule has 0 bridgehead atoms. The molecule has 0 unspecified atom stereocenters. The fourth-order valence-electron chi connectivity index (χ4n) is 2.40. The van der Waals surface area contributed by atoms with E-state index in [1.807, 2.05) is 0 Å². The molecule has 2 N–H and O–H groups in total. The van der Waals surface area contributed by atoms with Gasteiger partial charge >= 0.3 is 0 Å². The fraction of sp³-hybridized carbons (Fsp3) is 0.222. The SMILES string of the molecule is COc1ccc(OC)c(Nc2cc(C(=O)Nc3cc(C)on3)nc(C)n2)c1. The van der Waals surface area contributed by atoms with Crippen LogP contribution in [0.5, 0.6) is 11.5 Å². The van der Waals surface area contributed by atoms with E-state index in [1.54, 1.807) is 52.3 Å². The summed E-state index contributed by atoms with van der Waals surface area (Å²) in [5.41, 5.74) is 0.834. The lowest BCUT2D eigenvalue weighted by Gasteiger charge is -2.13. The Balaban J connectivity index is 1.86. The van der Waals surface area contributed by atoms with Gasteiger partial charge in [-0.15, -0.1) is 0 Å². The third kappa shape index (κ3) is 4.32. The number of methoxy groups -OCH3 is 2. The molecule has 0 atom stereocenters. The maximum atomic E-state index is 12.4. The van der Waals surface area contributed by atoms with E-state index in [-0.39, 0.29) is 5.69 Å². The van der Waals surface area contributed by atoms with Crippen LogP contribution < -0.4 is 20.1 Å². The molecule has 9 nitrogen and oxygen atoms in total. The molecule has 3 aromatic rings. The van der Waals surface area contributed by atoms with E-state index < -0.39 is 5.91 Å². The summed E-state index contributed by atoms with van der Waals surface area (Å²) in [6.07, 6.45) is 0. The number of carbonyl (C=O) groups is 1. The quantitative estimate of drug-likeness (QED) is 0.682. The van der Waals surface area contributed by atoms with Gasteiger partial charge in [-0.3, -0.25) is 4.79 Å². The van der Waals surface area contributed by atoms with Crippen molar-refractivity contribution >= 4 is 23.2 Å². The molecule has 0 aliphatic carbocycles. The van der Waals surface area contributed by atoms with Crippen LogP contribution in [0.25, 0.3) is 0 Å². The summed E-state index contributed by atoms with van der Waals surface area (Å²) in [7, 11) is 3.14. The predicted molar refractivity (Wildman–Crippen MR) is 98.8 cm³/mol. The summed E-state index contributed by atoms with van der Waals surface area (Å²) in [5.74, 6) is 2.63. The first-order valence-electron chi connectivity index (χ1n) is 8.08. The van der Waals surface area contributed by atoms with E-state index in [9.17, 15) is 4.79 Å². The highest BCUT2D eigenvalue weighted by atomic mass is 16.5. The van der Waals surface area contributed by atoms with Crippen molar-refractivity contribution in [1.82, 2.24) is 15.1 Å². The van der Waals surface area contributed by atoms with Gasteiger partial charge in [0.15, 0.2) is 5.82 Å². The zero-order chi connectivity index (χ0) is 19.4. The maximum Gasteiger partial charge on any atom is 0.275 e. The Bertz CT molecular complexity index is 970. The molecule has 3 rings (SSSR count). The maximum absolute atomic E-state index is 12.4. The number of rotatable bonds is 6. The van der Waals surface area contributed by atoms with Crippen LogP contribution in [0.4, 0.5) is 17.3 Å². The first kappa shape index (κ1) is 18.2. The van der Waals surface area contributed by atoms with E-state index in [0.29, 0.717) is 40.4 Å². The zero-order valence-electron chi connectivity index (χ0n) is 15.4. The molecule has 9 heteroatoms. The van der Waals surface area contributed by atoms with Crippen molar-refractivity contribution in [3.63, 3.8) is 0 Å². The van der Waals surface area contributed by atoms with Gasteiger partial charge in [-0.05, 0) is 26.0 Å². The minimum Gasteiger partial charge on any atom is -0.497 e. The van der Waals surface area contributed by atoms with Gasteiger partial charge in [0.25, 0.3) is 5.91 Å². The second-order valence-electron chi connectivity index (χ2n) is 5.65. The monoisotopic (exact) mass is 369 g/mol. The molecule has 0 aliphatic heterocycles. The number of hydrogen-bond donors (Lipinski definition) is 2. The number of aromatic nitrogens is 3. The zero-order valence-corrected chi connectivity index (χ0v) is 15.4. The number of ether oxygens (including phenoxy) is 2. The smallest absolute Gasteiger partial charge is 0.275 e. The van der Waals surface area contributed by atoms with E-state index in [1.165, 1.54) is 6.07 Å². The average Bonchev–Trinajstić information content (AvgIpc) is 3.05. The molecule has 0 spiro atoms. The van der Waals surface area contributed by atoms with Gasteiger partial charge in [0, 0.05) is 18.2 Å². The topological polar surface area (TPSA) is 111 Å². The summed E-state index contributed by atoms with van der Waals surface area (Å²) < 4.78 is 15.5. The standard InChI is InChI=1S/C18H19N5O4/c1-10-7-17(23-27-10)22-18(24)14-9-16(20-11(2)19-14)21-13-8-12(25-3)5-6-15(13)26-4/h5-9H,1-4H3,(H,19,20,21)(H,22,23,24). The number of aryl methyl sites for hydroxylation is 2. The Morgan fingerprint density at radius 3 is 2.52 bits per heavy atom. The van der Waals surface area contributed by atoms with Gasteiger partial charge in [-0.2, -0.15) is 0 Å². The van der Waals surface area contributed by atoms with Crippen LogP contribution in [0.1, 0.15) is 22.1 Å². The van der Waals surface area contributed by atoms with Crippen molar-refractivity contribution < 1.29 is 18.8 Å². The summed E-state index contributed by atoms with van der Waals surface area (Å²) in [6.45, 7) is 3.44. The largest absolute Gasteiger partial charge is 0.497 e. The minimum atomic E-state index is -0.422. The third-order valence-electron chi connectivity index (χ3n) is 3.61. The van der Waals surface area contributed by atoms with Crippen LogP contribution in [0.2, 0.25) is 0 Å². The number of carbonyl (C=O) groups excluding carboxylic acids is 1. The van der Waals surface area contributed by atoms with Crippen LogP contribution in [0.3, 0.4) is 0 Å². The molecule has 0 radical (unpaired) electrons. The van der Waals surface area contributed by atoms with Crippen LogP contribution in [-0.2, 0) is 0 Å². The summed E-state index contributed by atoms with van der Waals surface area (Å²) >= 11 is 0. The van der Waals surface area contributed by atoms with Crippen LogP contribution in [0, 0.1) is 13.8 Å². The van der Waals surface area contributed by atoms with Gasteiger partial charge in [-0.25, -0.2) is 9.97 Å². The van der Waals surface area contributed by atoms with Crippen molar-refractivity contribution in [3.8, 4) is 11.5 Å². The Morgan fingerprint density at radius 1 is 1.04 bits per heavy atom. The molecule has 1 aromatic carbocycles. The summed E-state index contributed by atoms with van der Waals surface area (Å²) in [4.78, 5) is 20.9. The number of nitrogens with zero attached hydrogens (tertiary/aromatic N) is 3. The number of hydrogen-bond acceptors (Lipinski definition) is 8. The Hall–Kier alpha value is -3.62. The minimum absolute atomic E-state index is 0.188. The number of anilines is 3. The fourth-order valence-corrected chi connectivity index (χ4v) is 2.40. The number of nitrogens with one attached hydrogen (secondary N) is 2. The van der Waals surface area contributed by atoms with Crippen molar-refractivity contribution in [2.24, 2.45) is 0 Å². The van der Waals surface area contributed by atoms with Gasteiger partial charge < -0.3 is 24.6 Å². The predicted octanol–water partition coefficient (Wildman–Crippen LogP) is 3.09. The Morgan fingerprint density at radius 2 is 1.85 bits per heavy atom. The highest BCUT2D eigenvalue weighted by Crippen LogP contribution is 2.31. The van der Waals surface area contributed by atoms with Crippen molar-refractivity contribution in [2.45, 2.75) is 13.8 Å². The lowest BCUT2D eigenvalue weighted by atomic mass is 10.2. The molecule has 0 saturated carbocycles. The van der Waals surface area contributed by atoms with E-state index in [4.69, 9.17) is 14.0 Å². The van der Waals surface area contributed by atoms with Crippen molar-refractivity contribution in [3.05, 3.63) is 47.6 Å². The Kier molecular flexibility index (Phi) is 5.20. The highest BCUT2D eigenvalue weighted by molar-refractivity contribution is 6.02. The van der Waals surface area contributed by atoms with Gasteiger partial charge in [-0.1, -0.05) is 5.16 Å². The third-order valence-corrected chi connectivity index (χ3v) is 3.61. The molecular weight excluding hydrogens is 350 g/mol. The summed E-state index contributed by atoms with van der Waals surface area (Å²) in [6, 6.07) is 8.48. The molecule has 0 saturated heterocycles. The molecule has 2 heterocycles. The van der Waals surface area contributed by atoms with Crippen molar-refractivity contribution in [2.75, 3.05) is 24.9 Å². The van der Waals surface area contributed by atoms with Crippen LogP contribution >= 0.6 is 0 Å². The van der Waals surface area contributed by atoms with E-state index in [2.05, 4.69) is 25.8 Å². The Labute approximate surface area is 155 Å².